The average Bonchev–Trinajstić information content (AvgIpc) is 3.30. The summed E-state index contributed by atoms with van der Waals surface area (Å²) in [6.45, 7) is 4.44. The Morgan fingerprint density at radius 2 is 2.00 bits per heavy atom. The highest BCUT2D eigenvalue weighted by Crippen LogP contribution is 2.60. The molecule has 23 heavy (non-hydrogen) atoms. The van der Waals surface area contributed by atoms with E-state index in [1.807, 2.05) is 32.4 Å². The number of anilines is 1. The molecule has 1 fully saturated rings. The molecule has 1 aliphatic carbocycles. The molecular formula is C20H25FN2. The molecular weight excluding hydrogens is 287 g/mol. The van der Waals surface area contributed by atoms with Crippen molar-refractivity contribution in [1.82, 2.24) is 4.98 Å². The molecule has 1 saturated carbocycles. The van der Waals surface area contributed by atoms with Gasteiger partial charge in [0.15, 0.2) is 0 Å². The molecule has 2 nitrogen and oxygen atoms in total. The van der Waals surface area contributed by atoms with Gasteiger partial charge in [-0.2, -0.15) is 0 Å². The monoisotopic (exact) mass is 312 g/mol. The number of hydrogen-bond donors (Lipinski definition) is 0. The lowest BCUT2D eigenvalue weighted by Gasteiger charge is -2.21. The van der Waals surface area contributed by atoms with Gasteiger partial charge >= 0.3 is 0 Å². The molecule has 0 saturated heterocycles. The predicted octanol–water partition coefficient (Wildman–Crippen LogP) is 5.03. The van der Waals surface area contributed by atoms with Gasteiger partial charge in [0.2, 0.25) is 0 Å². The summed E-state index contributed by atoms with van der Waals surface area (Å²) < 4.78 is 14.0. The van der Waals surface area contributed by atoms with E-state index in [0.717, 1.165) is 41.8 Å². The zero-order chi connectivity index (χ0) is 16.6. The highest BCUT2D eigenvalue weighted by Gasteiger charge is 2.53. The van der Waals surface area contributed by atoms with Crippen molar-refractivity contribution < 1.29 is 4.39 Å². The van der Waals surface area contributed by atoms with Crippen LogP contribution in [0.1, 0.15) is 38.7 Å². The van der Waals surface area contributed by atoms with E-state index in [2.05, 4.69) is 29.8 Å². The molecule has 0 amide bonds. The summed E-state index contributed by atoms with van der Waals surface area (Å²) in [4.78, 5) is 6.63. The molecule has 1 heterocycles. The summed E-state index contributed by atoms with van der Waals surface area (Å²) in [6, 6.07) is 9.26. The third-order valence-electron chi connectivity index (χ3n) is 5.41. The smallest absolute Gasteiger partial charge is 0.123 e. The Morgan fingerprint density at radius 3 is 2.61 bits per heavy atom. The van der Waals surface area contributed by atoms with Crippen LogP contribution in [0.4, 0.5) is 10.1 Å². The molecule has 3 heteroatoms. The van der Waals surface area contributed by atoms with Crippen molar-refractivity contribution in [1.29, 1.82) is 0 Å². The van der Waals surface area contributed by atoms with Crippen LogP contribution in [0.25, 0.3) is 11.3 Å². The van der Waals surface area contributed by atoms with Gasteiger partial charge in [0, 0.05) is 31.5 Å². The van der Waals surface area contributed by atoms with Crippen molar-refractivity contribution in [3.05, 3.63) is 47.9 Å². The number of pyridine rings is 1. The normalized spacial score (nSPS) is 22.9. The van der Waals surface area contributed by atoms with Crippen molar-refractivity contribution in [2.24, 2.45) is 5.92 Å². The van der Waals surface area contributed by atoms with Crippen LogP contribution in [-0.2, 0) is 5.41 Å². The van der Waals surface area contributed by atoms with Gasteiger partial charge in [0.1, 0.15) is 5.82 Å². The van der Waals surface area contributed by atoms with Crippen molar-refractivity contribution in [3.8, 4) is 11.3 Å². The first-order valence-corrected chi connectivity index (χ1v) is 8.45. The second-order valence-electron chi connectivity index (χ2n) is 6.80. The molecule has 1 aromatic carbocycles. The number of aromatic nitrogens is 1. The molecule has 0 bridgehead atoms. The fourth-order valence-electron chi connectivity index (χ4n) is 3.87. The molecule has 122 valence electrons. The standard InChI is InChI=1S/C20H25FN2/c1-5-14-13-20(14,6-2)18-11-15(21)7-8-17(18)19-12-16(23(3)4)9-10-22-19/h7-12,14H,5-6,13H2,1-4H3/t14-,20?/m0/s1. The lowest BCUT2D eigenvalue weighted by atomic mass is 9.85. The second kappa shape index (κ2) is 5.95. The van der Waals surface area contributed by atoms with Crippen LogP contribution < -0.4 is 4.90 Å². The van der Waals surface area contributed by atoms with Gasteiger partial charge < -0.3 is 4.90 Å². The number of nitrogens with zero attached hydrogens (tertiary/aromatic N) is 2. The number of rotatable bonds is 5. The van der Waals surface area contributed by atoms with Crippen molar-refractivity contribution in [2.75, 3.05) is 19.0 Å². The van der Waals surface area contributed by atoms with E-state index < -0.39 is 0 Å². The van der Waals surface area contributed by atoms with Crippen LogP contribution in [0.3, 0.4) is 0 Å². The number of halogens is 1. The zero-order valence-corrected chi connectivity index (χ0v) is 14.4. The van der Waals surface area contributed by atoms with Gasteiger partial charge in [0.05, 0.1) is 5.69 Å². The summed E-state index contributed by atoms with van der Waals surface area (Å²) in [5.41, 5.74) is 4.38. The fourth-order valence-corrected chi connectivity index (χ4v) is 3.87. The van der Waals surface area contributed by atoms with E-state index in [4.69, 9.17) is 0 Å². The summed E-state index contributed by atoms with van der Waals surface area (Å²) in [5.74, 6) is 0.507. The van der Waals surface area contributed by atoms with Crippen LogP contribution in [-0.4, -0.2) is 19.1 Å². The molecule has 1 unspecified atom stereocenters. The first-order chi connectivity index (χ1) is 11.0. The third-order valence-corrected chi connectivity index (χ3v) is 5.41. The summed E-state index contributed by atoms with van der Waals surface area (Å²) in [5, 5.41) is 0. The van der Waals surface area contributed by atoms with Gasteiger partial charge in [0.25, 0.3) is 0 Å². The van der Waals surface area contributed by atoms with E-state index in [-0.39, 0.29) is 11.2 Å². The Morgan fingerprint density at radius 1 is 1.22 bits per heavy atom. The maximum atomic E-state index is 14.0. The molecule has 2 aromatic rings. The van der Waals surface area contributed by atoms with Crippen LogP contribution in [0.5, 0.6) is 0 Å². The molecule has 0 spiro atoms. The Balaban J connectivity index is 2.12. The molecule has 0 aliphatic heterocycles. The predicted molar refractivity (Wildman–Crippen MR) is 94.3 cm³/mol. The lowest BCUT2D eigenvalue weighted by Crippen LogP contribution is -2.12. The molecule has 2 atom stereocenters. The van der Waals surface area contributed by atoms with Crippen LogP contribution in [0, 0.1) is 11.7 Å². The highest BCUT2D eigenvalue weighted by atomic mass is 19.1. The van der Waals surface area contributed by atoms with Crippen LogP contribution in [0.2, 0.25) is 0 Å². The molecule has 0 radical (unpaired) electrons. The average molecular weight is 312 g/mol. The second-order valence-corrected chi connectivity index (χ2v) is 6.80. The summed E-state index contributed by atoms with van der Waals surface area (Å²) in [6.07, 6.45) is 5.19. The van der Waals surface area contributed by atoms with Crippen molar-refractivity contribution in [2.45, 2.75) is 38.5 Å². The molecule has 1 aromatic heterocycles. The van der Waals surface area contributed by atoms with Gasteiger partial charge in [-0.15, -0.1) is 0 Å². The van der Waals surface area contributed by atoms with Crippen LogP contribution >= 0.6 is 0 Å². The topological polar surface area (TPSA) is 16.1 Å². The Bertz CT molecular complexity index is 711. The van der Waals surface area contributed by atoms with Crippen molar-refractivity contribution >= 4 is 5.69 Å². The maximum Gasteiger partial charge on any atom is 0.123 e. The SMILES string of the molecule is CC[C@H]1CC1(CC)c1cc(F)ccc1-c1cc(N(C)C)ccn1. The lowest BCUT2D eigenvalue weighted by molar-refractivity contribution is 0.562. The minimum atomic E-state index is -0.151. The van der Waals surface area contributed by atoms with Gasteiger partial charge in [-0.3, -0.25) is 4.98 Å². The molecule has 3 rings (SSSR count). The number of hydrogen-bond acceptors (Lipinski definition) is 2. The van der Waals surface area contributed by atoms with Gasteiger partial charge in [-0.25, -0.2) is 4.39 Å². The Hall–Kier alpha value is -1.90. The zero-order valence-electron chi connectivity index (χ0n) is 14.4. The van der Waals surface area contributed by atoms with Gasteiger partial charge in [-0.1, -0.05) is 20.3 Å². The van der Waals surface area contributed by atoms with Crippen LogP contribution in [0.15, 0.2) is 36.5 Å². The first kappa shape index (κ1) is 16.0. The fraction of sp³-hybridized carbons (Fsp3) is 0.450. The quantitative estimate of drug-likeness (QED) is 0.769. The minimum absolute atomic E-state index is 0.127. The van der Waals surface area contributed by atoms with E-state index in [9.17, 15) is 4.39 Å². The Kier molecular flexibility index (Phi) is 4.13. The minimum Gasteiger partial charge on any atom is -0.378 e. The summed E-state index contributed by atoms with van der Waals surface area (Å²) in [7, 11) is 4.04. The number of benzene rings is 1. The van der Waals surface area contributed by atoms with E-state index >= 15 is 0 Å². The first-order valence-electron chi connectivity index (χ1n) is 8.45. The van der Waals surface area contributed by atoms with Gasteiger partial charge in [-0.05, 0) is 60.1 Å². The van der Waals surface area contributed by atoms with E-state index in [0.29, 0.717) is 5.92 Å². The largest absolute Gasteiger partial charge is 0.378 e. The summed E-state index contributed by atoms with van der Waals surface area (Å²) >= 11 is 0. The van der Waals surface area contributed by atoms with E-state index in [1.165, 1.54) is 0 Å². The Labute approximate surface area is 138 Å². The highest BCUT2D eigenvalue weighted by molar-refractivity contribution is 5.70. The molecule has 0 N–H and O–H groups in total. The maximum absolute atomic E-state index is 14.0. The van der Waals surface area contributed by atoms with Crippen molar-refractivity contribution in [3.63, 3.8) is 0 Å². The molecule has 1 aliphatic rings. The third kappa shape index (κ3) is 2.73. The van der Waals surface area contributed by atoms with E-state index in [1.54, 1.807) is 12.1 Å².